The molecule has 1 aromatic rings. The number of ether oxygens (including phenoxy) is 2. The molecule has 1 aliphatic rings. The predicted molar refractivity (Wildman–Crippen MR) is 73.8 cm³/mol. The van der Waals surface area contributed by atoms with Crippen molar-refractivity contribution < 1.29 is 19.1 Å². The molecule has 0 spiro atoms. The number of rotatable bonds is 4. The van der Waals surface area contributed by atoms with Gasteiger partial charge in [-0.2, -0.15) is 0 Å². The lowest BCUT2D eigenvalue weighted by Crippen LogP contribution is -2.48. The third-order valence-corrected chi connectivity index (χ3v) is 3.43. The van der Waals surface area contributed by atoms with Gasteiger partial charge in [0.05, 0.1) is 0 Å². The molecule has 0 N–H and O–H groups in total. The molecule has 108 valence electrons. The maximum atomic E-state index is 12.2. The molecule has 0 aromatic heterocycles. The zero-order valence-electron chi connectivity index (χ0n) is 12.1. The quantitative estimate of drug-likeness (QED) is 0.626. The molecule has 0 bridgehead atoms. The first-order valence-electron chi connectivity index (χ1n) is 6.95. The second-order valence-corrected chi connectivity index (χ2v) is 5.53. The van der Waals surface area contributed by atoms with Gasteiger partial charge in [-0.05, 0) is 12.0 Å². The van der Waals surface area contributed by atoms with Crippen molar-refractivity contribution in [2.24, 2.45) is 5.92 Å². The Labute approximate surface area is 119 Å². The topological polar surface area (TPSA) is 52.6 Å². The SMILES string of the molecule is CCC[C@@H](c1ccccc1)C1C(=O)OC(C)(C)OC1=O. The van der Waals surface area contributed by atoms with Crippen LogP contribution in [0, 0.1) is 5.92 Å². The van der Waals surface area contributed by atoms with Crippen molar-refractivity contribution in [3.05, 3.63) is 35.9 Å². The Morgan fingerprint density at radius 3 is 2.15 bits per heavy atom. The minimum absolute atomic E-state index is 0.197. The number of benzene rings is 1. The molecule has 0 saturated carbocycles. The molecule has 0 aliphatic carbocycles. The number of carbonyl (C=O) groups excluding carboxylic acids is 2. The molecule has 4 heteroatoms. The Morgan fingerprint density at radius 2 is 1.65 bits per heavy atom. The summed E-state index contributed by atoms with van der Waals surface area (Å²) in [4.78, 5) is 24.4. The molecule has 2 rings (SSSR count). The Hall–Kier alpha value is -1.84. The van der Waals surface area contributed by atoms with Gasteiger partial charge in [0.1, 0.15) is 0 Å². The number of carbonyl (C=O) groups is 2. The normalized spacial score (nSPS) is 20.1. The molecule has 1 fully saturated rings. The Morgan fingerprint density at radius 1 is 1.10 bits per heavy atom. The zero-order valence-corrected chi connectivity index (χ0v) is 12.1. The van der Waals surface area contributed by atoms with Crippen molar-refractivity contribution >= 4 is 11.9 Å². The van der Waals surface area contributed by atoms with Gasteiger partial charge in [0.25, 0.3) is 5.79 Å². The van der Waals surface area contributed by atoms with Crippen molar-refractivity contribution in [3.63, 3.8) is 0 Å². The minimum Gasteiger partial charge on any atom is -0.422 e. The van der Waals surface area contributed by atoms with Crippen molar-refractivity contribution in [1.29, 1.82) is 0 Å². The van der Waals surface area contributed by atoms with E-state index in [0.717, 1.165) is 18.4 Å². The minimum atomic E-state index is -1.17. The number of hydrogen-bond donors (Lipinski definition) is 0. The average molecular weight is 276 g/mol. The van der Waals surface area contributed by atoms with Gasteiger partial charge in [-0.15, -0.1) is 0 Å². The van der Waals surface area contributed by atoms with Crippen LogP contribution in [0.15, 0.2) is 30.3 Å². The number of cyclic esters (lactones) is 2. The lowest BCUT2D eigenvalue weighted by molar-refractivity contribution is -0.241. The highest BCUT2D eigenvalue weighted by Crippen LogP contribution is 2.36. The summed E-state index contributed by atoms with van der Waals surface area (Å²) < 4.78 is 10.4. The van der Waals surface area contributed by atoms with E-state index in [4.69, 9.17) is 9.47 Å². The lowest BCUT2D eigenvalue weighted by Gasteiger charge is -2.36. The highest BCUT2D eigenvalue weighted by atomic mass is 16.7. The fourth-order valence-electron chi connectivity index (χ4n) is 2.59. The second kappa shape index (κ2) is 5.65. The molecule has 1 atom stereocenters. The van der Waals surface area contributed by atoms with Gasteiger partial charge in [-0.25, -0.2) is 0 Å². The van der Waals surface area contributed by atoms with Crippen molar-refractivity contribution in [3.8, 4) is 0 Å². The van der Waals surface area contributed by atoms with Crippen molar-refractivity contribution in [2.75, 3.05) is 0 Å². The molecule has 4 nitrogen and oxygen atoms in total. The van der Waals surface area contributed by atoms with E-state index in [2.05, 4.69) is 0 Å². The van der Waals surface area contributed by atoms with Gasteiger partial charge >= 0.3 is 11.9 Å². The monoisotopic (exact) mass is 276 g/mol. The smallest absolute Gasteiger partial charge is 0.324 e. The van der Waals surface area contributed by atoms with Crippen LogP contribution in [-0.2, 0) is 19.1 Å². The standard InChI is InChI=1S/C16H20O4/c1-4-8-12(11-9-6-5-7-10-11)13-14(17)19-16(2,3)20-15(13)18/h5-7,9-10,12-13H,4,8H2,1-3H3/t12-/m0/s1. The summed E-state index contributed by atoms with van der Waals surface area (Å²) in [6, 6.07) is 9.58. The van der Waals surface area contributed by atoms with Crippen LogP contribution in [0.2, 0.25) is 0 Å². The molecule has 0 radical (unpaired) electrons. The summed E-state index contributed by atoms with van der Waals surface area (Å²) in [5.74, 6) is -3.22. The van der Waals surface area contributed by atoms with E-state index in [1.165, 1.54) is 0 Å². The Bertz CT molecular complexity index is 472. The zero-order chi connectivity index (χ0) is 14.8. The van der Waals surface area contributed by atoms with E-state index in [9.17, 15) is 9.59 Å². The van der Waals surface area contributed by atoms with Crippen LogP contribution in [0.1, 0.15) is 45.1 Å². The van der Waals surface area contributed by atoms with Gasteiger partial charge in [0, 0.05) is 19.8 Å². The second-order valence-electron chi connectivity index (χ2n) is 5.53. The van der Waals surface area contributed by atoms with Crippen LogP contribution in [0.5, 0.6) is 0 Å². The van der Waals surface area contributed by atoms with Gasteiger partial charge in [-0.1, -0.05) is 43.7 Å². The van der Waals surface area contributed by atoms with E-state index in [-0.39, 0.29) is 5.92 Å². The first-order valence-corrected chi connectivity index (χ1v) is 6.95. The molecule has 20 heavy (non-hydrogen) atoms. The highest BCUT2D eigenvalue weighted by molar-refractivity contribution is 5.97. The van der Waals surface area contributed by atoms with E-state index in [1.807, 2.05) is 37.3 Å². The van der Waals surface area contributed by atoms with Crippen LogP contribution in [0.4, 0.5) is 0 Å². The first kappa shape index (κ1) is 14.6. The summed E-state index contributed by atoms with van der Waals surface area (Å²) in [7, 11) is 0. The summed E-state index contributed by atoms with van der Waals surface area (Å²) in [5.41, 5.74) is 0.966. The average Bonchev–Trinajstić information content (AvgIpc) is 2.36. The van der Waals surface area contributed by atoms with Crippen LogP contribution >= 0.6 is 0 Å². The fraction of sp³-hybridized carbons (Fsp3) is 0.500. The molecule has 1 heterocycles. The van der Waals surface area contributed by atoms with Crippen LogP contribution in [0.3, 0.4) is 0 Å². The largest absolute Gasteiger partial charge is 0.422 e. The molecule has 0 amide bonds. The van der Waals surface area contributed by atoms with Crippen LogP contribution in [-0.4, -0.2) is 17.7 Å². The van der Waals surface area contributed by atoms with E-state index < -0.39 is 23.6 Å². The molecule has 1 aromatic carbocycles. The first-order chi connectivity index (χ1) is 9.44. The van der Waals surface area contributed by atoms with Crippen molar-refractivity contribution in [1.82, 2.24) is 0 Å². The van der Waals surface area contributed by atoms with Crippen LogP contribution in [0.25, 0.3) is 0 Å². The van der Waals surface area contributed by atoms with E-state index >= 15 is 0 Å². The van der Waals surface area contributed by atoms with Gasteiger partial charge in [-0.3, -0.25) is 9.59 Å². The lowest BCUT2D eigenvalue weighted by atomic mass is 9.82. The molecule has 1 saturated heterocycles. The number of esters is 2. The highest BCUT2D eigenvalue weighted by Gasteiger charge is 2.47. The summed E-state index contributed by atoms with van der Waals surface area (Å²) in [6.45, 7) is 5.16. The van der Waals surface area contributed by atoms with Gasteiger partial charge in [0.2, 0.25) is 0 Å². The third kappa shape index (κ3) is 3.00. The van der Waals surface area contributed by atoms with Gasteiger partial charge < -0.3 is 9.47 Å². The maximum absolute atomic E-state index is 12.2. The maximum Gasteiger partial charge on any atom is 0.324 e. The Kier molecular flexibility index (Phi) is 4.12. The van der Waals surface area contributed by atoms with E-state index in [0.29, 0.717) is 0 Å². The third-order valence-electron chi connectivity index (χ3n) is 3.43. The Balaban J connectivity index is 2.30. The number of hydrogen-bond acceptors (Lipinski definition) is 4. The summed E-state index contributed by atoms with van der Waals surface area (Å²) in [6.07, 6.45) is 1.61. The fourth-order valence-corrected chi connectivity index (χ4v) is 2.59. The van der Waals surface area contributed by atoms with Crippen molar-refractivity contribution in [2.45, 2.75) is 45.3 Å². The van der Waals surface area contributed by atoms with Gasteiger partial charge in [0.15, 0.2) is 5.92 Å². The molecular weight excluding hydrogens is 256 g/mol. The summed E-state index contributed by atoms with van der Waals surface area (Å²) >= 11 is 0. The predicted octanol–water partition coefficient (Wildman–Crippen LogP) is 3.02. The molecular formula is C16H20O4. The van der Waals surface area contributed by atoms with Crippen LogP contribution < -0.4 is 0 Å². The molecule has 0 unspecified atom stereocenters. The molecule has 1 aliphatic heterocycles. The summed E-state index contributed by atoms with van der Waals surface area (Å²) in [5, 5.41) is 0. The van der Waals surface area contributed by atoms with E-state index in [1.54, 1.807) is 13.8 Å².